The van der Waals surface area contributed by atoms with Crippen molar-refractivity contribution in [2.24, 2.45) is 0 Å². The van der Waals surface area contributed by atoms with Crippen molar-refractivity contribution in [3.63, 3.8) is 0 Å². The number of aromatic carboxylic acids is 1. The minimum absolute atomic E-state index is 0. The van der Waals surface area contributed by atoms with Crippen LogP contribution in [0.3, 0.4) is 0 Å². The van der Waals surface area contributed by atoms with Crippen molar-refractivity contribution < 1.29 is 39.0 Å². The van der Waals surface area contributed by atoms with Gasteiger partial charge in [-0.1, -0.05) is 55.8 Å². The number of hydrogen-bond acceptors (Lipinski definition) is 7. The molecule has 5 heterocycles. The average Bonchev–Trinajstić information content (AvgIpc) is 3.78. The van der Waals surface area contributed by atoms with Gasteiger partial charge in [0, 0.05) is 61.4 Å². The molecule has 0 unspecified atom stereocenters. The molecule has 13 heteroatoms. The molecule has 0 saturated carbocycles. The van der Waals surface area contributed by atoms with Gasteiger partial charge in [-0.3, -0.25) is 14.6 Å². The Bertz CT molecular complexity index is 2160. The Morgan fingerprint density at radius 3 is 2.11 bits per heavy atom. The normalized spacial score (nSPS) is 15.3. The van der Waals surface area contributed by atoms with E-state index in [1.807, 2.05) is 76.1 Å². The van der Waals surface area contributed by atoms with E-state index in [0.29, 0.717) is 67.1 Å². The van der Waals surface area contributed by atoms with Crippen LogP contribution in [0.1, 0.15) is 107 Å². The topological polar surface area (TPSA) is 156 Å². The molecular formula is C42H54N8O4Zn. The molecule has 55 heavy (non-hydrogen) atoms. The van der Waals surface area contributed by atoms with Crippen molar-refractivity contribution >= 4 is 57.1 Å². The SMILES string of the molecule is C=Cc1c(C)c2cc3nc(c(CC(=O)NCCN(C)C)c4[n-]c(cc5nc(cc1[n-]2)C(C)=C5CC)c(C)c4C(=O)O)[C@@H](CCC(=O)NCCN(C)C)[C@@H]3C.[Zn+2]. The number of allylic oxidation sites excluding steroid dienone is 2. The molecule has 12 nitrogen and oxygen atoms in total. The standard InChI is InChI=1S/C42H56N8O4.Zn/c1-11-27-23(3)31-20-33-25(5)29(13-14-37(51)43-15-17-49(7)8)40(47-33)30(19-38(52)44-16-18-50(9)10)41-39(42(53)54)26(6)34(48-41)22-36-28(12-2)24(4)32(46-36)21-35(27)45-31;/h11,20-22,25,29H,1,12-19H2,2-10H3,(H5,43,44,45,46,47,48,51,52,53,54);/q;+2/p-2/t25-,29-;/m0./s1. The molecule has 2 amide bonds. The predicted molar refractivity (Wildman–Crippen MR) is 215 cm³/mol. The van der Waals surface area contributed by atoms with Gasteiger partial charge in [0.25, 0.3) is 0 Å². The molecule has 2 aliphatic heterocycles. The summed E-state index contributed by atoms with van der Waals surface area (Å²) < 4.78 is 0. The Hall–Kier alpha value is -4.45. The van der Waals surface area contributed by atoms with Gasteiger partial charge < -0.3 is 35.5 Å². The number of carbonyl (C=O) groups excluding carboxylic acids is 2. The predicted octanol–water partition coefficient (Wildman–Crippen LogP) is 5.43. The molecule has 0 spiro atoms. The summed E-state index contributed by atoms with van der Waals surface area (Å²) in [5.41, 5.74) is 9.77. The smallest absolute Gasteiger partial charge is 0.657 e. The zero-order valence-corrected chi connectivity index (χ0v) is 36.9. The Morgan fingerprint density at radius 1 is 0.891 bits per heavy atom. The minimum atomic E-state index is -1.14. The molecule has 2 aliphatic rings. The Labute approximate surface area is 337 Å². The third kappa shape index (κ3) is 9.51. The zero-order chi connectivity index (χ0) is 39.4. The number of nitrogens with zero attached hydrogens (tertiary/aromatic N) is 6. The molecule has 8 bridgehead atoms. The monoisotopic (exact) mass is 798 g/mol. The number of fused-ring (bicyclic) bond motifs is 8. The molecule has 3 N–H and O–H groups in total. The number of hydrogen-bond donors (Lipinski definition) is 3. The number of nitrogens with one attached hydrogen (secondary N) is 2. The van der Waals surface area contributed by atoms with Crippen molar-refractivity contribution in [2.75, 3.05) is 54.4 Å². The van der Waals surface area contributed by atoms with Gasteiger partial charge >= 0.3 is 25.4 Å². The van der Waals surface area contributed by atoms with E-state index in [1.165, 1.54) is 0 Å². The fourth-order valence-electron chi connectivity index (χ4n) is 7.37. The van der Waals surface area contributed by atoms with Gasteiger partial charge in [0.2, 0.25) is 11.8 Å². The maximum absolute atomic E-state index is 13.7. The maximum Gasteiger partial charge on any atom is 2.00 e. The first kappa shape index (κ1) is 43.3. The van der Waals surface area contributed by atoms with Crippen molar-refractivity contribution in [1.29, 1.82) is 0 Å². The Kier molecular flexibility index (Phi) is 14.5. The number of amides is 2. The van der Waals surface area contributed by atoms with E-state index >= 15 is 0 Å². The van der Waals surface area contributed by atoms with E-state index in [1.54, 1.807) is 6.92 Å². The van der Waals surface area contributed by atoms with Gasteiger partial charge in [-0.2, -0.15) is 0 Å². The summed E-state index contributed by atoms with van der Waals surface area (Å²) in [6, 6.07) is 5.80. The third-order valence-corrected chi connectivity index (χ3v) is 10.6. The summed E-state index contributed by atoms with van der Waals surface area (Å²) in [7, 11) is 7.77. The van der Waals surface area contributed by atoms with E-state index in [-0.39, 0.29) is 67.0 Å². The Morgan fingerprint density at radius 2 is 1.51 bits per heavy atom. The van der Waals surface area contributed by atoms with Crippen molar-refractivity contribution in [1.82, 2.24) is 40.4 Å². The van der Waals surface area contributed by atoms with Crippen LogP contribution in [0, 0.1) is 13.8 Å². The maximum atomic E-state index is 13.7. The quantitative estimate of drug-likeness (QED) is 0.180. The van der Waals surface area contributed by atoms with Crippen LogP contribution in [-0.2, 0) is 35.5 Å². The molecule has 5 rings (SSSR count). The zero-order valence-electron chi connectivity index (χ0n) is 33.9. The summed E-state index contributed by atoms with van der Waals surface area (Å²) in [5.74, 6) is -1.99. The summed E-state index contributed by atoms with van der Waals surface area (Å²) >= 11 is 0. The van der Waals surface area contributed by atoms with Crippen LogP contribution >= 0.6 is 0 Å². The number of aromatic nitrogens is 4. The van der Waals surface area contributed by atoms with Gasteiger partial charge in [0.05, 0.1) is 17.8 Å². The first-order valence-corrected chi connectivity index (χ1v) is 18.7. The molecule has 3 aromatic rings. The second-order valence-electron chi connectivity index (χ2n) is 14.9. The van der Waals surface area contributed by atoms with Gasteiger partial charge in [-0.05, 0) is 84.1 Å². The summed E-state index contributed by atoms with van der Waals surface area (Å²) in [6.07, 6.45) is 3.04. The minimum Gasteiger partial charge on any atom is -0.657 e. The van der Waals surface area contributed by atoms with Crippen molar-refractivity contribution in [3.05, 3.63) is 75.4 Å². The van der Waals surface area contributed by atoms with Crippen LogP contribution in [0.15, 0.2) is 24.8 Å². The third-order valence-electron chi connectivity index (χ3n) is 10.6. The molecule has 2 atom stereocenters. The summed E-state index contributed by atoms with van der Waals surface area (Å²) in [4.78, 5) is 64.3. The van der Waals surface area contributed by atoms with E-state index in [4.69, 9.17) is 19.9 Å². The molecule has 0 saturated heterocycles. The number of carboxylic acid groups (broad SMARTS) is 1. The van der Waals surface area contributed by atoms with Crippen molar-refractivity contribution in [3.8, 4) is 0 Å². The van der Waals surface area contributed by atoms with Crippen LogP contribution in [0.5, 0.6) is 0 Å². The Balaban J connectivity index is 0.00000673. The van der Waals surface area contributed by atoms with E-state index in [2.05, 4.69) is 31.1 Å². The van der Waals surface area contributed by atoms with Gasteiger partial charge in [0.1, 0.15) is 0 Å². The molecule has 0 fully saturated rings. The second kappa shape index (κ2) is 18.5. The molecule has 0 aliphatic carbocycles. The van der Waals surface area contributed by atoms with E-state index in [0.717, 1.165) is 44.7 Å². The molecule has 0 radical (unpaired) electrons. The van der Waals surface area contributed by atoms with Crippen LogP contribution in [0.4, 0.5) is 0 Å². The summed E-state index contributed by atoms with van der Waals surface area (Å²) in [6.45, 7) is 16.3. The molecular weight excluding hydrogens is 746 g/mol. The molecule has 3 aromatic heterocycles. The van der Waals surface area contributed by atoms with Crippen LogP contribution in [0.25, 0.3) is 39.3 Å². The van der Waals surface area contributed by atoms with Gasteiger partial charge in [0.15, 0.2) is 0 Å². The van der Waals surface area contributed by atoms with Crippen molar-refractivity contribution in [2.45, 2.75) is 72.1 Å². The number of rotatable bonds is 14. The first-order valence-electron chi connectivity index (χ1n) is 18.7. The number of likely N-dealkylation sites (N-methyl/N-ethyl adjacent to an activating group) is 2. The second-order valence-corrected chi connectivity index (χ2v) is 14.9. The fourth-order valence-corrected chi connectivity index (χ4v) is 7.37. The number of carboxylic acids is 1. The van der Waals surface area contributed by atoms with E-state index in [9.17, 15) is 19.5 Å². The largest absolute Gasteiger partial charge is 2.00 e. The molecule has 288 valence electrons. The molecule has 0 aromatic carbocycles. The van der Waals surface area contributed by atoms with Crippen LogP contribution in [-0.4, -0.2) is 97.0 Å². The van der Waals surface area contributed by atoms with Gasteiger partial charge in [-0.25, -0.2) is 9.78 Å². The van der Waals surface area contributed by atoms with Crippen LogP contribution in [0.2, 0.25) is 0 Å². The van der Waals surface area contributed by atoms with Gasteiger partial charge in [-0.15, -0.1) is 22.1 Å². The van der Waals surface area contributed by atoms with Crippen LogP contribution < -0.4 is 20.6 Å². The average molecular weight is 800 g/mol. The first-order chi connectivity index (χ1) is 25.6. The fraction of sp³-hybridized carbons (Fsp3) is 0.452. The van der Waals surface area contributed by atoms with E-state index < -0.39 is 5.97 Å². The number of aryl methyl sites for hydroxylation is 2. The summed E-state index contributed by atoms with van der Waals surface area (Å²) in [5, 5.41) is 16.7. The number of carbonyl (C=O) groups is 3.